The van der Waals surface area contributed by atoms with E-state index in [1.807, 2.05) is 17.9 Å². The zero-order chi connectivity index (χ0) is 11.1. The van der Waals surface area contributed by atoms with Gasteiger partial charge < -0.3 is 4.90 Å². The number of fused-ring (bicyclic) bond motifs is 1. The summed E-state index contributed by atoms with van der Waals surface area (Å²) in [4.78, 5) is 14.6. The topological polar surface area (TPSA) is 41.9 Å². The van der Waals surface area contributed by atoms with Crippen molar-refractivity contribution < 1.29 is 4.39 Å². The van der Waals surface area contributed by atoms with Gasteiger partial charge in [-0.15, -0.1) is 0 Å². The zero-order valence-corrected chi connectivity index (χ0v) is 8.89. The van der Waals surface area contributed by atoms with Crippen molar-refractivity contribution in [1.82, 2.24) is 15.0 Å². The predicted molar refractivity (Wildman–Crippen MR) is 59.2 cm³/mol. The first-order chi connectivity index (χ1) is 7.74. The molecule has 3 heterocycles. The SMILES string of the molecule is Cc1nc(N2CC(F)C2)c2ccncc2n1. The van der Waals surface area contributed by atoms with Gasteiger partial charge in [0.2, 0.25) is 0 Å². The third-order valence-corrected chi connectivity index (χ3v) is 2.73. The number of pyridine rings is 1. The van der Waals surface area contributed by atoms with Crippen LogP contribution in [0.2, 0.25) is 0 Å². The summed E-state index contributed by atoms with van der Waals surface area (Å²) < 4.78 is 12.9. The van der Waals surface area contributed by atoms with Gasteiger partial charge >= 0.3 is 0 Å². The van der Waals surface area contributed by atoms with Gasteiger partial charge in [-0.3, -0.25) is 4.98 Å². The Morgan fingerprint density at radius 1 is 1.38 bits per heavy atom. The van der Waals surface area contributed by atoms with Crippen molar-refractivity contribution >= 4 is 16.7 Å². The Kier molecular flexibility index (Phi) is 1.99. The fraction of sp³-hybridized carbons (Fsp3) is 0.364. The summed E-state index contributed by atoms with van der Waals surface area (Å²) in [6.07, 6.45) is 2.68. The molecule has 0 N–H and O–H groups in total. The van der Waals surface area contributed by atoms with Crippen LogP contribution in [-0.2, 0) is 0 Å². The lowest BCUT2D eigenvalue weighted by Crippen LogP contribution is -2.49. The third kappa shape index (κ3) is 1.39. The minimum Gasteiger partial charge on any atom is -0.350 e. The van der Waals surface area contributed by atoms with E-state index in [0.717, 1.165) is 16.7 Å². The number of hydrogen-bond acceptors (Lipinski definition) is 4. The molecule has 2 aromatic rings. The van der Waals surface area contributed by atoms with Gasteiger partial charge in [0.25, 0.3) is 0 Å². The van der Waals surface area contributed by atoms with Gasteiger partial charge in [-0.2, -0.15) is 0 Å². The maximum atomic E-state index is 12.9. The molecule has 0 radical (unpaired) electrons. The summed E-state index contributed by atoms with van der Waals surface area (Å²) in [5.74, 6) is 1.51. The Hall–Kier alpha value is -1.78. The number of aryl methyl sites for hydroxylation is 1. The lowest BCUT2D eigenvalue weighted by Gasteiger charge is -2.35. The van der Waals surface area contributed by atoms with Crippen LogP contribution in [-0.4, -0.2) is 34.2 Å². The summed E-state index contributed by atoms with van der Waals surface area (Å²) in [6, 6.07) is 1.87. The number of rotatable bonds is 1. The van der Waals surface area contributed by atoms with E-state index in [4.69, 9.17) is 0 Å². The molecule has 1 fully saturated rings. The standard InChI is InChI=1S/C11H11FN4/c1-7-14-10-4-13-3-2-9(10)11(15-7)16-5-8(12)6-16/h2-4,8H,5-6H2,1H3. The minimum absolute atomic E-state index is 0.424. The van der Waals surface area contributed by atoms with Crippen molar-refractivity contribution in [1.29, 1.82) is 0 Å². The molecule has 3 rings (SSSR count). The van der Waals surface area contributed by atoms with E-state index in [9.17, 15) is 4.39 Å². The van der Waals surface area contributed by atoms with Crippen LogP contribution in [0.15, 0.2) is 18.5 Å². The highest BCUT2D eigenvalue weighted by Crippen LogP contribution is 2.27. The average Bonchev–Trinajstić information content (AvgIpc) is 2.24. The lowest BCUT2D eigenvalue weighted by molar-refractivity contribution is 0.274. The predicted octanol–water partition coefficient (Wildman–Crippen LogP) is 1.49. The molecule has 0 spiro atoms. The molecule has 5 heteroatoms. The number of alkyl halides is 1. The molecule has 1 aliphatic heterocycles. The van der Waals surface area contributed by atoms with Crippen LogP contribution in [0.3, 0.4) is 0 Å². The van der Waals surface area contributed by atoms with Crippen molar-refractivity contribution in [3.8, 4) is 0 Å². The highest BCUT2D eigenvalue weighted by molar-refractivity contribution is 5.89. The molecule has 0 amide bonds. The van der Waals surface area contributed by atoms with Crippen molar-refractivity contribution in [3.63, 3.8) is 0 Å². The molecule has 1 aliphatic rings. The molecule has 0 aliphatic carbocycles. The number of hydrogen-bond donors (Lipinski definition) is 0. The van der Waals surface area contributed by atoms with Gasteiger partial charge in [-0.1, -0.05) is 0 Å². The van der Waals surface area contributed by atoms with E-state index < -0.39 is 6.17 Å². The number of aromatic nitrogens is 3. The molecule has 0 unspecified atom stereocenters. The Balaban J connectivity index is 2.15. The lowest BCUT2D eigenvalue weighted by atomic mass is 10.1. The van der Waals surface area contributed by atoms with Gasteiger partial charge in [-0.25, -0.2) is 14.4 Å². The summed E-state index contributed by atoms with van der Waals surface area (Å²) in [5, 5.41) is 0.938. The first-order valence-electron chi connectivity index (χ1n) is 5.21. The highest BCUT2D eigenvalue weighted by Gasteiger charge is 2.28. The van der Waals surface area contributed by atoms with E-state index in [0.29, 0.717) is 18.9 Å². The molecule has 82 valence electrons. The third-order valence-electron chi connectivity index (χ3n) is 2.73. The molecule has 16 heavy (non-hydrogen) atoms. The number of nitrogens with zero attached hydrogens (tertiary/aromatic N) is 4. The van der Waals surface area contributed by atoms with E-state index >= 15 is 0 Å². The minimum atomic E-state index is -0.729. The first-order valence-corrected chi connectivity index (χ1v) is 5.21. The van der Waals surface area contributed by atoms with E-state index in [2.05, 4.69) is 15.0 Å². The van der Waals surface area contributed by atoms with E-state index in [-0.39, 0.29) is 0 Å². The van der Waals surface area contributed by atoms with Crippen LogP contribution in [0.1, 0.15) is 5.82 Å². The van der Waals surface area contributed by atoms with Crippen LogP contribution in [0, 0.1) is 6.92 Å². The molecule has 0 bridgehead atoms. The Labute approximate surface area is 92.2 Å². The second kappa shape index (κ2) is 3.37. The molecular weight excluding hydrogens is 207 g/mol. The molecule has 0 atom stereocenters. The maximum absolute atomic E-state index is 12.9. The smallest absolute Gasteiger partial charge is 0.140 e. The average molecular weight is 218 g/mol. The van der Waals surface area contributed by atoms with Crippen LogP contribution >= 0.6 is 0 Å². The second-order valence-corrected chi connectivity index (χ2v) is 3.99. The van der Waals surface area contributed by atoms with E-state index in [1.165, 1.54) is 0 Å². The van der Waals surface area contributed by atoms with Crippen LogP contribution in [0.25, 0.3) is 10.9 Å². The Morgan fingerprint density at radius 3 is 2.94 bits per heavy atom. The van der Waals surface area contributed by atoms with Crippen LogP contribution in [0.4, 0.5) is 10.2 Å². The second-order valence-electron chi connectivity index (χ2n) is 3.99. The van der Waals surface area contributed by atoms with Crippen LogP contribution < -0.4 is 4.90 Å². The quantitative estimate of drug-likeness (QED) is 0.727. The summed E-state index contributed by atoms with van der Waals surface area (Å²) in [6.45, 7) is 2.68. The fourth-order valence-corrected chi connectivity index (χ4v) is 1.92. The van der Waals surface area contributed by atoms with Crippen molar-refractivity contribution in [2.75, 3.05) is 18.0 Å². The largest absolute Gasteiger partial charge is 0.350 e. The van der Waals surface area contributed by atoms with Crippen molar-refractivity contribution in [2.45, 2.75) is 13.1 Å². The molecule has 0 saturated carbocycles. The highest BCUT2D eigenvalue weighted by atomic mass is 19.1. The summed E-state index contributed by atoms with van der Waals surface area (Å²) >= 11 is 0. The van der Waals surface area contributed by atoms with E-state index in [1.54, 1.807) is 12.4 Å². The molecule has 1 saturated heterocycles. The molecular formula is C11H11FN4. The normalized spacial score (nSPS) is 16.5. The van der Waals surface area contributed by atoms with Crippen molar-refractivity contribution in [3.05, 3.63) is 24.3 Å². The molecule has 0 aromatic carbocycles. The first kappa shape index (κ1) is 9.45. The Bertz CT molecular complexity index is 536. The Morgan fingerprint density at radius 2 is 2.19 bits per heavy atom. The summed E-state index contributed by atoms with van der Waals surface area (Å²) in [5.41, 5.74) is 0.812. The molecule has 4 nitrogen and oxygen atoms in total. The van der Waals surface area contributed by atoms with Crippen LogP contribution in [0.5, 0.6) is 0 Å². The van der Waals surface area contributed by atoms with Gasteiger partial charge in [0.15, 0.2) is 0 Å². The summed E-state index contributed by atoms with van der Waals surface area (Å²) in [7, 11) is 0. The number of anilines is 1. The van der Waals surface area contributed by atoms with Gasteiger partial charge in [-0.05, 0) is 13.0 Å². The maximum Gasteiger partial charge on any atom is 0.140 e. The fourth-order valence-electron chi connectivity index (χ4n) is 1.92. The monoisotopic (exact) mass is 218 g/mol. The van der Waals surface area contributed by atoms with Gasteiger partial charge in [0, 0.05) is 11.6 Å². The number of halogens is 1. The molecule has 2 aromatic heterocycles. The van der Waals surface area contributed by atoms with Gasteiger partial charge in [0.05, 0.1) is 24.8 Å². The zero-order valence-electron chi connectivity index (χ0n) is 8.89. The van der Waals surface area contributed by atoms with Gasteiger partial charge in [0.1, 0.15) is 17.8 Å². The van der Waals surface area contributed by atoms with Crippen molar-refractivity contribution in [2.24, 2.45) is 0 Å².